The molecule has 1 aliphatic rings. The Bertz CT molecular complexity index is 919. The van der Waals surface area contributed by atoms with Crippen molar-refractivity contribution >= 4 is 11.9 Å². The molecule has 0 radical (unpaired) electrons. The number of carboxylic acids is 1. The van der Waals surface area contributed by atoms with Crippen LogP contribution in [0.3, 0.4) is 0 Å². The summed E-state index contributed by atoms with van der Waals surface area (Å²) in [7, 11) is 0. The number of carbonyl (C=O) groups excluding carboxylic acids is 1. The molecule has 0 spiro atoms. The fourth-order valence-corrected chi connectivity index (χ4v) is 3.17. The van der Waals surface area contributed by atoms with Gasteiger partial charge in [-0.05, 0) is 35.4 Å². The van der Waals surface area contributed by atoms with Gasteiger partial charge in [0.15, 0.2) is 0 Å². The van der Waals surface area contributed by atoms with Crippen LogP contribution in [-0.2, 0) is 17.1 Å². The minimum atomic E-state index is -5.09. The Morgan fingerprint density at radius 3 is 1.96 bits per heavy atom. The maximum atomic E-state index is 13.1. The summed E-state index contributed by atoms with van der Waals surface area (Å²) in [5.74, 6) is -3.84. The lowest BCUT2D eigenvalue weighted by Crippen LogP contribution is -2.41. The monoisotopic (exact) mass is 403 g/mol. The molecule has 3 rings (SSSR count). The molecular weight excluding hydrogens is 392 g/mol. The Morgan fingerprint density at radius 1 is 0.929 bits per heavy atom. The van der Waals surface area contributed by atoms with Gasteiger partial charge in [-0.2, -0.15) is 26.3 Å². The number of carbonyl (C=O) groups is 2. The van der Waals surface area contributed by atoms with E-state index in [9.17, 15) is 41.0 Å². The third-order valence-electron chi connectivity index (χ3n) is 4.40. The van der Waals surface area contributed by atoms with Gasteiger partial charge >= 0.3 is 18.3 Å². The second kappa shape index (κ2) is 6.54. The molecule has 0 bridgehead atoms. The minimum Gasteiger partial charge on any atom is -0.481 e. The Kier molecular flexibility index (Phi) is 4.60. The first-order chi connectivity index (χ1) is 12.9. The van der Waals surface area contributed by atoms with Crippen LogP contribution in [0.2, 0.25) is 0 Å². The predicted octanol–water partition coefficient (Wildman–Crippen LogP) is 4.38. The number of rotatable bonds is 2. The number of halogens is 6. The SMILES string of the molecule is O=C1N[C@@H](c2cc(C(F)(F)F)cc(C(F)(F)F)c2)[C@H](C(=O)O)c2ccccc21. The molecule has 28 heavy (non-hydrogen) atoms. The van der Waals surface area contributed by atoms with E-state index in [1.165, 1.54) is 24.3 Å². The van der Waals surface area contributed by atoms with Crippen LogP contribution < -0.4 is 5.32 Å². The Balaban J connectivity index is 2.22. The van der Waals surface area contributed by atoms with Crippen LogP contribution >= 0.6 is 0 Å². The molecule has 10 heteroatoms. The highest BCUT2D eigenvalue weighted by Gasteiger charge is 2.42. The van der Waals surface area contributed by atoms with E-state index in [4.69, 9.17) is 0 Å². The fourth-order valence-electron chi connectivity index (χ4n) is 3.17. The highest BCUT2D eigenvalue weighted by Crippen LogP contribution is 2.42. The first-order valence-electron chi connectivity index (χ1n) is 7.81. The number of amides is 1. The van der Waals surface area contributed by atoms with Crippen LogP contribution in [-0.4, -0.2) is 17.0 Å². The third-order valence-corrected chi connectivity index (χ3v) is 4.40. The molecule has 148 valence electrons. The van der Waals surface area contributed by atoms with E-state index in [1.807, 2.05) is 0 Å². The molecule has 1 heterocycles. The number of alkyl halides is 6. The summed E-state index contributed by atoms with van der Waals surface area (Å²) in [5.41, 5.74) is -3.77. The standard InChI is InChI=1S/C18H11F6NO3/c19-17(20,21)9-5-8(6-10(7-9)18(22,23)24)14-13(16(27)28)11-3-1-2-4-12(11)15(26)25-14/h1-7,13-14H,(H,25,26)(H,27,28)/t13-,14+/m1/s1. The fraction of sp³-hybridized carbons (Fsp3) is 0.222. The quantitative estimate of drug-likeness (QED) is 0.732. The molecule has 2 atom stereocenters. The van der Waals surface area contributed by atoms with Crippen molar-refractivity contribution in [1.82, 2.24) is 5.32 Å². The number of aliphatic carboxylic acids is 1. The summed E-state index contributed by atoms with van der Waals surface area (Å²) in [6.45, 7) is 0. The number of hydrogen-bond acceptors (Lipinski definition) is 2. The zero-order valence-electron chi connectivity index (χ0n) is 13.7. The van der Waals surface area contributed by atoms with Crippen LogP contribution in [0.4, 0.5) is 26.3 Å². The zero-order chi connectivity index (χ0) is 20.9. The minimum absolute atomic E-state index is 0.00540. The van der Waals surface area contributed by atoms with Crippen molar-refractivity contribution in [2.24, 2.45) is 0 Å². The number of nitrogens with one attached hydrogen (secondary N) is 1. The van der Waals surface area contributed by atoms with Crippen molar-refractivity contribution in [2.75, 3.05) is 0 Å². The molecule has 1 amide bonds. The number of hydrogen-bond donors (Lipinski definition) is 2. The third kappa shape index (κ3) is 3.54. The lowest BCUT2D eigenvalue weighted by molar-refractivity contribution is -0.143. The van der Waals surface area contributed by atoms with Gasteiger partial charge < -0.3 is 10.4 Å². The maximum absolute atomic E-state index is 13.1. The molecule has 0 fully saturated rings. The molecule has 2 aromatic rings. The summed E-state index contributed by atoms with van der Waals surface area (Å²) < 4.78 is 78.6. The van der Waals surface area contributed by atoms with E-state index in [1.54, 1.807) is 0 Å². The van der Waals surface area contributed by atoms with Crippen molar-refractivity contribution in [3.05, 3.63) is 70.3 Å². The largest absolute Gasteiger partial charge is 0.481 e. The zero-order valence-corrected chi connectivity index (χ0v) is 13.7. The molecule has 1 aliphatic heterocycles. The van der Waals surface area contributed by atoms with Crippen molar-refractivity contribution in [3.8, 4) is 0 Å². The summed E-state index contributed by atoms with van der Waals surface area (Å²) in [4.78, 5) is 24.0. The average molecular weight is 403 g/mol. The smallest absolute Gasteiger partial charge is 0.416 e. The summed E-state index contributed by atoms with van der Waals surface area (Å²) in [6.07, 6.45) is -10.2. The van der Waals surface area contributed by atoms with Gasteiger partial charge in [0.25, 0.3) is 5.91 Å². The molecule has 4 nitrogen and oxygen atoms in total. The molecule has 0 aromatic heterocycles. The lowest BCUT2D eigenvalue weighted by atomic mass is 9.80. The van der Waals surface area contributed by atoms with Crippen molar-refractivity contribution in [2.45, 2.75) is 24.3 Å². The molecular formula is C18H11F6NO3. The molecule has 2 N–H and O–H groups in total. The Morgan fingerprint density at radius 2 is 1.46 bits per heavy atom. The Labute approximate surface area is 153 Å². The first kappa shape index (κ1) is 19.7. The van der Waals surface area contributed by atoms with Gasteiger partial charge in [0.05, 0.1) is 17.2 Å². The van der Waals surface area contributed by atoms with Crippen molar-refractivity contribution in [3.63, 3.8) is 0 Å². The average Bonchev–Trinajstić information content (AvgIpc) is 2.59. The molecule has 0 saturated heterocycles. The highest BCUT2D eigenvalue weighted by atomic mass is 19.4. The maximum Gasteiger partial charge on any atom is 0.416 e. The number of fused-ring (bicyclic) bond motifs is 1. The summed E-state index contributed by atoms with van der Waals surface area (Å²) in [6, 6.07) is 4.69. The van der Waals surface area contributed by atoms with E-state index >= 15 is 0 Å². The van der Waals surface area contributed by atoms with Gasteiger partial charge in [-0.1, -0.05) is 18.2 Å². The summed E-state index contributed by atoms with van der Waals surface area (Å²) in [5, 5.41) is 11.8. The molecule has 0 saturated carbocycles. The van der Waals surface area contributed by atoms with Crippen LogP contribution in [0.25, 0.3) is 0 Å². The number of benzene rings is 2. The second-order valence-corrected chi connectivity index (χ2v) is 6.19. The van der Waals surface area contributed by atoms with Crippen LogP contribution in [0.1, 0.15) is 44.6 Å². The highest BCUT2D eigenvalue weighted by molar-refractivity contribution is 6.00. The summed E-state index contributed by atoms with van der Waals surface area (Å²) >= 11 is 0. The first-order valence-corrected chi connectivity index (χ1v) is 7.81. The number of carboxylic acid groups (broad SMARTS) is 1. The second-order valence-electron chi connectivity index (χ2n) is 6.19. The molecule has 2 aromatic carbocycles. The van der Waals surface area contributed by atoms with Crippen LogP contribution in [0.5, 0.6) is 0 Å². The van der Waals surface area contributed by atoms with Crippen molar-refractivity contribution < 1.29 is 41.0 Å². The van der Waals surface area contributed by atoms with Crippen LogP contribution in [0, 0.1) is 0 Å². The van der Waals surface area contributed by atoms with Crippen molar-refractivity contribution in [1.29, 1.82) is 0 Å². The van der Waals surface area contributed by atoms with Gasteiger partial charge in [0.1, 0.15) is 5.92 Å². The predicted molar refractivity (Wildman–Crippen MR) is 83.5 cm³/mol. The Hall–Kier alpha value is -3.04. The van der Waals surface area contributed by atoms with Gasteiger partial charge in [-0.3, -0.25) is 9.59 Å². The van der Waals surface area contributed by atoms with Gasteiger partial charge in [0, 0.05) is 5.56 Å². The van der Waals surface area contributed by atoms with E-state index in [0.29, 0.717) is 12.1 Å². The van der Waals surface area contributed by atoms with E-state index in [0.717, 1.165) is 0 Å². The van der Waals surface area contributed by atoms with Crippen LogP contribution in [0.15, 0.2) is 42.5 Å². The van der Waals surface area contributed by atoms with E-state index < -0.39 is 52.9 Å². The van der Waals surface area contributed by atoms with E-state index in [2.05, 4.69) is 5.32 Å². The molecule has 0 unspecified atom stereocenters. The van der Waals surface area contributed by atoms with Gasteiger partial charge in [0.2, 0.25) is 0 Å². The topological polar surface area (TPSA) is 66.4 Å². The normalized spacial score (nSPS) is 19.7. The van der Waals surface area contributed by atoms with Gasteiger partial charge in [-0.15, -0.1) is 0 Å². The molecule has 0 aliphatic carbocycles. The van der Waals surface area contributed by atoms with E-state index in [-0.39, 0.29) is 17.2 Å². The van der Waals surface area contributed by atoms with Gasteiger partial charge in [-0.25, -0.2) is 0 Å². The lowest BCUT2D eigenvalue weighted by Gasteiger charge is -2.32.